The summed E-state index contributed by atoms with van der Waals surface area (Å²) in [7, 11) is 3.56. The van der Waals surface area contributed by atoms with Crippen molar-refractivity contribution in [2.75, 3.05) is 21.3 Å². The first-order valence-corrected chi connectivity index (χ1v) is 3.66. The zero-order valence-electron chi connectivity index (χ0n) is 7.93. The Labute approximate surface area is 79.4 Å². The third-order valence-corrected chi connectivity index (χ3v) is 1.57. The average Bonchev–Trinajstić information content (AvgIpc) is 2.19. The van der Waals surface area contributed by atoms with Crippen LogP contribution >= 0.6 is 0 Å². The van der Waals surface area contributed by atoms with Crippen LogP contribution < -0.4 is 14.2 Å². The van der Waals surface area contributed by atoms with Crippen LogP contribution in [0.4, 0.5) is 8.78 Å². The second kappa shape index (κ2) is 4.08. The number of ether oxygens (including phenoxy) is 3. The van der Waals surface area contributed by atoms with Crippen LogP contribution in [0.5, 0.6) is 17.5 Å². The van der Waals surface area contributed by atoms with Gasteiger partial charge in [0.25, 0.3) is 11.8 Å². The molecule has 1 aromatic heterocycles. The third kappa shape index (κ3) is 1.55. The molecule has 4 nitrogen and oxygen atoms in total. The van der Waals surface area contributed by atoms with Gasteiger partial charge in [-0.05, 0) is 0 Å². The van der Waals surface area contributed by atoms with Crippen molar-refractivity contribution >= 4 is 0 Å². The fraction of sp³-hybridized carbons (Fsp3) is 0.375. The van der Waals surface area contributed by atoms with E-state index in [2.05, 4.69) is 19.2 Å². The van der Waals surface area contributed by atoms with Crippen molar-refractivity contribution in [1.29, 1.82) is 0 Å². The SMILES string of the molecule is COc1nc(OC)c(F)c(OC)c1F. The van der Waals surface area contributed by atoms with E-state index >= 15 is 0 Å². The summed E-state index contributed by atoms with van der Waals surface area (Å²) in [6.45, 7) is 0. The number of aromatic nitrogens is 1. The normalized spacial score (nSPS) is 9.79. The van der Waals surface area contributed by atoms with Gasteiger partial charge in [0.2, 0.25) is 17.4 Å². The van der Waals surface area contributed by atoms with Gasteiger partial charge in [-0.1, -0.05) is 0 Å². The fourth-order valence-electron chi connectivity index (χ4n) is 0.931. The molecule has 0 amide bonds. The summed E-state index contributed by atoms with van der Waals surface area (Å²) >= 11 is 0. The van der Waals surface area contributed by atoms with E-state index in [0.29, 0.717) is 0 Å². The molecule has 0 fully saturated rings. The number of nitrogens with zero attached hydrogens (tertiary/aromatic N) is 1. The van der Waals surface area contributed by atoms with Gasteiger partial charge in [0.1, 0.15) is 0 Å². The topological polar surface area (TPSA) is 40.6 Å². The molecule has 0 saturated carbocycles. The van der Waals surface area contributed by atoms with Gasteiger partial charge in [0.15, 0.2) is 0 Å². The molecule has 6 heteroatoms. The lowest BCUT2D eigenvalue weighted by atomic mass is 10.4. The smallest absolute Gasteiger partial charge is 0.257 e. The maximum atomic E-state index is 13.2. The summed E-state index contributed by atoms with van der Waals surface area (Å²) in [6, 6.07) is 0. The number of halogens is 2. The first-order chi connectivity index (χ1) is 6.65. The molecule has 78 valence electrons. The van der Waals surface area contributed by atoms with Gasteiger partial charge in [-0.3, -0.25) is 0 Å². The Bertz CT molecular complexity index is 316. The van der Waals surface area contributed by atoms with Crippen LogP contribution in [0.1, 0.15) is 0 Å². The van der Waals surface area contributed by atoms with Crippen molar-refractivity contribution in [1.82, 2.24) is 4.98 Å². The zero-order valence-corrected chi connectivity index (χ0v) is 7.93. The lowest BCUT2D eigenvalue weighted by Gasteiger charge is -2.09. The van der Waals surface area contributed by atoms with Crippen molar-refractivity contribution in [2.45, 2.75) is 0 Å². The number of rotatable bonds is 3. The van der Waals surface area contributed by atoms with E-state index in [9.17, 15) is 8.78 Å². The fourth-order valence-corrected chi connectivity index (χ4v) is 0.931. The van der Waals surface area contributed by atoms with Crippen molar-refractivity contribution in [2.24, 2.45) is 0 Å². The van der Waals surface area contributed by atoms with Crippen LogP contribution in [0.15, 0.2) is 0 Å². The van der Waals surface area contributed by atoms with E-state index in [1.54, 1.807) is 0 Å². The molecule has 0 aliphatic carbocycles. The van der Waals surface area contributed by atoms with Gasteiger partial charge in [0.05, 0.1) is 21.3 Å². The Morgan fingerprint density at radius 2 is 1.29 bits per heavy atom. The zero-order chi connectivity index (χ0) is 10.7. The highest BCUT2D eigenvalue weighted by molar-refractivity contribution is 5.37. The van der Waals surface area contributed by atoms with Crippen molar-refractivity contribution < 1.29 is 23.0 Å². The molecule has 0 aliphatic heterocycles. The molecular formula is C8H9F2NO3. The minimum absolute atomic E-state index is 0.375. The second-order valence-electron chi connectivity index (χ2n) is 2.29. The maximum absolute atomic E-state index is 13.2. The summed E-state index contributed by atoms with van der Waals surface area (Å²) in [4.78, 5) is 3.44. The van der Waals surface area contributed by atoms with Crippen LogP contribution in [-0.4, -0.2) is 26.3 Å². The molecule has 14 heavy (non-hydrogen) atoms. The summed E-state index contributed by atoms with van der Waals surface area (Å²) in [5.74, 6) is -3.31. The van der Waals surface area contributed by atoms with Crippen LogP contribution in [-0.2, 0) is 0 Å². The third-order valence-electron chi connectivity index (χ3n) is 1.57. The van der Waals surface area contributed by atoms with E-state index in [-0.39, 0.29) is 11.8 Å². The van der Waals surface area contributed by atoms with Crippen molar-refractivity contribution in [3.05, 3.63) is 11.6 Å². The Balaban J connectivity index is 3.39. The van der Waals surface area contributed by atoms with Gasteiger partial charge >= 0.3 is 0 Å². The summed E-state index contributed by atoms with van der Waals surface area (Å²) < 4.78 is 40.1. The molecule has 1 rings (SSSR count). The molecule has 1 aromatic rings. The number of pyridine rings is 1. The van der Waals surface area contributed by atoms with Crippen LogP contribution in [0.25, 0.3) is 0 Å². The Hall–Kier alpha value is -1.59. The van der Waals surface area contributed by atoms with Crippen LogP contribution in [0.3, 0.4) is 0 Å². The van der Waals surface area contributed by atoms with E-state index in [0.717, 1.165) is 7.11 Å². The first kappa shape index (κ1) is 10.5. The first-order valence-electron chi connectivity index (χ1n) is 3.66. The van der Waals surface area contributed by atoms with Gasteiger partial charge in [-0.2, -0.15) is 13.8 Å². The second-order valence-corrected chi connectivity index (χ2v) is 2.29. The van der Waals surface area contributed by atoms with Crippen LogP contribution in [0, 0.1) is 11.6 Å². The van der Waals surface area contributed by atoms with Crippen molar-refractivity contribution in [3.63, 3.8) is 0 Å². The molecule has 0 N–H and O–H groups in total. The Morgan fingerprint density at radius 1 is 0.857 bits per heavy atom. The van der Waals surface area contributed by atoms with E-state index < -0.39 is 17.4 Å². The number of hydrogen-bond acceptors (Lipinski definition) is 4. The van der Waals surface area contributed by atoms with E-state index in [1.165, 1.54) is 14.2 Å². The molecular weight excluding hydrogens is 196 g/mol. The van der Waals surface area contributed by atoms with E-state index in [1.807, 2.05) is 0 Å². The highest BCUT2D eigenvalue weighted by atomic mass is 19.1. The molecule has 1 heterocycles. The summed E-state index contributed by atoms with van der Waals surface area (Å²) in [5.41, 5.74) is 0. The standard InChI is InChI=1S/C8H9F2NO3/c1-12-6-4(9)7(13-2)11-8(14-3)5(6)10/h1-3H3. The Morgan fingerprint density at radius 3 is 1.57 bits per heavy atom. The highest BCUT2D eigenvalue weighted by Gasteiger charge is 2.22. The minimum atomic E-state index is -0.992. The maximum Gasteiger partial charge on any atom is 0.257 e. The monoisotopic (exact) mass is 205 g/mol. The van der Waals surface area contributed by atoms with Crippen molar-refractivity contribution in [3.8, 4) is 17.5 Å². The lowest BCUT2D eigenvalue weighted by Crippen LogP contribution is -2.02. The molecule has 0 radical (unpaired) electrons. The van der Waals surface area contributed by atoms with Gasteiger partial charge in [0, 0.05) is 0 Å². The van der Waals surface area contributed by atoms with E-state index in [4.69, 9.17) is 0 Å². The number of methoxy groups -OCH3 is 3. The molecule has 0 unspecified atom stereocenters. The quantitative estimate of drug-likeness (QED) is 0.747. The van der Waals surface area contributed by atoms with Gasteiger partial charge < -0.3 is 14.2 Å². The van der Waals surface area contributed by atoms with Gasteiger partial charge in [-0.25, -0.2) is 0 Å². The molecule has 0 aromatic carbocycles. The van der Waals surface area contributed by atoms with Gasteiger partial charge in [-0.15, -0.1) is 0 Å². The molecule has 0 spiro atoms. The summed E-state index contributed by atoms with van der Waals surface area (Å²) in [5, 5.41) is 0. The predicted octanol–water partition coefficient (Wildman–Crippen LogP) is 1.39. The highest BCUT2D eigenvalue weighted by Crippen LogP contribution is 2.32. The molecule has 0 atom stereocenters. The molecule has 0 bridgehead atoms. The number of hydrogen-bond donors (Lipinski definition) is 0. The average molecular weight is 205 g/mol. The molecule has 0 saturated heterocycles. The summed E-state index contributed by atoms with van der Waals surface area (Å²) in [6.07, 6.45) is 0. The van der Waals surface area contributed by atoms with Crippen LogP contribution in [0.2, 0.25) is 0 Å². The largest absolute Gasteiger partial charge is 0.491 e. The Kier molecular flexibility index (Phi) is 3.06. The minimum Gasteiger partial charge on any atom is -0.491 e. The lowest BCUT2D eigenvalue weighted by molar-refractivity contribution is 0.293. The molecule has 0 aliphatic rings. The predicted molar refractivity (Wildman–Crippen MR) is 43.8 cm³/mol.